The Morgan fingerprint density at radius 3 is 2.53 bits per heavy atom. The van der Waals surface area contributed by atoms with Crippen molar-refractivity contribution in [1.29, 1.82) is 0 Å². The quantitative estimate of drug-likeness (QED) is 0.882. The lowest BCUT2D eigenvalue weighted by Crippen LogP contribution is -2.37. The van der Waals surface area contributed by atoms with Gasteiger partial charge >= 0.3 is 0 Å². The van der Waals surface area contributed by atoms with Gasteiger partial charge in [-0.1, -0.05) is 13.8 Å². The average molecular weight is 262 g/mol. The van der Waals surface area contributed by atoms with Crippen molar-refractivity contribution in [2.45, 2.75) is 33.1 Å². The van der Waals surface area contributed by atoms with E-state index in [2.05, 4.69) is 46.4 Å². The fraction of sp³-hybridized carbons (Fsp3) is 0.733. The molecule has 0 saturated carbocycles. The molecular formula is C15H26N4. The Morgan fingerprint density at radius 2 is 2.00 bits per heavy atom. The van der Waals surface area contributed by atoms with Crippen LogP contribution >= 0.6 is 0 Å². The van der Waals surface area contributed by atoms with E-state index in [4.69, 9.17) is 0 Å². The first kappa shape index (κ1) is 14.3. The summed E-state index contributed by atoms with van der Waals surface area (Å²) in [6.45, 7) is 7.76. The van der Waals surface area contributed by atoms with Gasteiger partial charge in [-0.05, 0) is 56.8 Å². The van der Waals surface area contributed by atoms with Crippen LogP contribution in [-0.2, 0) is 6.42 Å². The molecule has 2 heterocycles. The molecule has 106 valence electrons. The summed E-state index contributed by atoms with van der Waals surface area (Å²) in [6.07, 6.45) is 3.50. The van der Waals surface area contributed by atoms with E-state index in [-0.39, 0.29) is 0 Å². The number of hydrogen-bond acceptors (Lipinski definition) is 4. The molecule has 1 aromatic rings. The lowest BCUT2D eigenvalue weighted by Gasteiger charge is -2.32. The Bertz CT molecular complexity index is 366. The molecule has 0 aromatic carbocycles. The average Bonchev–Trinajstić information content (AvgIpc) is 2.40. The summed E-state index contributed by atoms with van der Waals surface area (Å²) in [4.78, 5) is 2.36. The topological polar surface area (TPSA) is 41.0 Å². The second-order valence-electron chi connectivity index (χ2n) is 5.97. The van der Waals surface area contributed by atoms with Gasteiger partial charge < -0.3 is 10.2 Å². The summed E-state index contributed by atoms with van der Waals surface area (Å²) in [5.41, 5.74) is 1.10. The Morgan fingerprint density at radius 1 is 1.26 bits per heavy atom. The minimum atomic E-state index is 0.637. The first-order valence-corrected chi connectivity index (χ1v) is 7.41. The maximum atomic E-state index is 4.39. The Hall–Kier alpha value is -1.16. The van der Waals surface area contributed by atoms with Gasteiger partial charge in [0.15, 0.2) is 5.82 Å². The summed E-state index contributed by atoms with van der Waals surface area (Å²) in [5, 5.41) is 12.0. The minimum absolute atomic E-state index is 0.637. The molecule has 1 aliphatic heterocycles. The maximum absolute atomic E-state index is 4.39. The van der Waals surface area contributed by atoms with Crippen LogP contribution in [-0.4, -0.2) is 36.9 Å². The smallest absolute Gasteiger partial charge is 0.151 e. The predicted octanol–water partition coefficient (Wildman–Crippen LogP) is 2.11. The third kappa shape index (κ3) is 4.16. The zero-order chi connectivity index (χ0) is 13.7. The molecule has 2 rings (SSSR count). The van der Waals surface area contributed by atoms with E-state index in [1.807, 2.05) is 7.05 Å². The Kier molecular flexibility index (Phi) is 5.14. The van der Waals surface area contributed by atoms with Crippen molar-refractivity contribution in [2.24, 2.45) is 11.8 Å². The van der Waals surface area contributed by atoms with E-state index in [0.29, 0.717) is 5.92 Å². The standard InChI is InChI=1S/C15H26N4/c1-12(2)10-14-4-5-15(18-17-14)19-8-6-13(7-9-19)11-16-3/h4-5,12-13,16H,6-11H2,1-3H3. The Balaban J connectivity index is 1.89. The van der Waals surface area contributed by atoms with Crippen LogP contribution in [0.5, 0.6) is 0 Å². The van der Waals surface area contributed by atoms with Crippen molar-refractivity contribution in [3.8, 4) is 0 Å². The summed E-state index contributed by atoms with van der Waals surface area (Å²) in [6, 6.07) is 4.26. The summed E-state index contributed by atoms with van der Waals surface area (Å²) in [5.74, 6) is 2.49. The molecular weight excluding hydrogens is 236 g/mol. The number of rotatable bonds is 5. The highest BCUT2D eigenvalue weighted by Gasteiger charge is 2.19. The van der Waals surface area contributed by atoms with Gasteiger partial charge in [0.05, 0.1) is 5.69 Å². The number of nitrogens with one attached hydrogen (secondary N) is 1. The molecule has 0 spiro atoms. The number of aromatic nitrogens is 2. The van der Waals surface area contributed by atoms with E-state index in [9.17, 15) is 0 Å². The molecule has 0 atom stereocenters. The molecule has 1 aliphatic rings. The first-order valence-electron chi connectivity index (χ1n) is 7.41. The predicted molar refractivity (Wildman–Crippen MR) is 79.4 cm³/mol. The van der Waals surface area contributed by atoms with Crippen LogP contribution in [0.4, 0.5) is 5.82 Å². The molecule has 1 fully saturated rings. The number of nitrogens with zero attached hydrogens (tertiary/aromatic N) is 3. The highest BCUT2D eigenvalue weighted by molar-refractivity contribution is 5.37. The molecule has 1 aromatic heterocycles. The van der Waals surface area contributed by atoms with Crippen LogP contribution in [0.15, 0.2) is 12.1 Å². The molecule has 1 saturated heterocycles. The number of piperidine rings is 1. The van der Waals surface area contributed by atoms with Gasteiger partial charge in [-0.15, -0.1) is 5.10 Å². The monoisotopic (exact) mass is 262 g/mol. The van der Waals surface area contributed by atoms with Crippen LogP contribution in [0.2, 0.25) is 0 Å². The maximum Gasteiger partial charge on any atom is 0.151 e. The van der Waals surface area contributed by atoms with Crippen LogP contribution < -0.4 is 10.2 Å². The van der Waals surface area contributed by atoms with Gasteiger partial charge in [0.2, 0.25) is 0 Å². The number of anilines is 1. The van der Waals surface area contributed by atoms with Crippen molar-refractivity contribution in [3.05, 3.63) is 17.8 Å². The summed E-state index contributed by atoms with van der Waals surface area (Å²) >= 11 is 0. The van der Waals surface area contributed by atoms with Crippen LogP contribution in [0.1, 0.15) is 32.4 Å². The van der Waals surface area contributed by atoms with Gasteiger partial charge in [0.25, 0.3) is 0 Å². The lowest BCUT2D eigenvalue weighted by molar-refractivity contribution is 0.392. The van der Waals surface area contributed by atoms with Crippen molar-refractivity contribution < 1.29 is 0 Å². The van der Waals surface area contributed by atoms with Crippen molar-refractivity contribution in [3.63, 3.8) is 0 Å². The molecule has 0 aliphatic carbocycles. The second-order valence-corrected chi connectivity index (χ2v) is 5.97. The SMILES string of the molecule is CNCC1CCN(c2ccc(CC(C)C)nn2)CC1. The van der Waals surface area contributed by atoms with Crippen molar-refractivity contribution >= 4 is 5.82 Å². The Labute approximate surface area is 116 Å². The van der Waals surface area contributed by atoms with E-state index in [1.165, 1.54) is 12.8 Å². The van der Waals surface area contributed by atoms with Gasteiger partial charge in [0.1, 0.15) is 0 Å². The highest BCUT2D eigenvalue weighted by atomic mass is 15.3. The molecule has 0 amide bonds. The van der Waals surface area contributed by atoms with Crippen molar-refractivity contribution in [1.82, 2.24) is 15.5 Å². The van der Waals surface area contributed by atoms with Gasteiger partial charge in [-0.3, -0.25) is 0 Å². The van der Waals surface area contributed by atoms with E-state index >= 15 is 0 Å². The minimum Gasteiger partial charge on any atom is -0.355 e. The molecule has 0 bridgehead atoms. The third-order valence-electron chi connectivity index (χ3n) is 3.75. The van der Waals surface area contributed by atoms with E-state index < -0.39 is 0 Å². The second kappa shape index (κ2) is 6.85. The van der Waals surface area contributed by atoms with E-state index in [0.717, 1.165) is 43.5 Å². The fourth-order valence-corrected chi connectivity index (χ4v) is 2.70. The number of hydrogen-bond donors (Lipinski definition) is 1. The van der Waals surface area contributed by atoms with Gasteiger partial charge in [-0.2, -0.15) is 5.10 Å². The molecule has 19 heavy (non-hydrogen) atoms. The van der Waals surface area contributed by atoms with Gasteiger partial charge in [0, 0.05) is 13.1 Å². The van der Waals surface area contributed by atoms with E-state index in [1.54, 1.807) is 0 Å². The normalized spacial score (nSPS) is 17.2. The molecule has 0 radical (unpaired) electrons. The zero-order valence-corrected chi connectivity index (χ0v) is 12.4. The summed E-state index contributed by atoms with van der Waals surface area (Å²) in [7, 11) is 2.03. The lowest BCUT2D eigenvalue weighted by atomic mass is 9.97. The molecule has 0 unspecified atom stereocenters. The molecule has 4 heteroatoms. The first-order chi connectivity index (χ1) is 9.19. The van der Waals surface area contributed by atoms with Gasteiger partial charge in [-0.25, -0.2) is 0 Å². The largest absolute Gasteiger partial charge is 0.355 e. The van der Waals surface area contributed by atoms with Crippen LogP contribution in [0.3, 0.4) is 0 Å². The zero-order valence-electron chi connectivity index (χ0n) is 12.4. The third-order valence-corrected chi connectivity index (χ3v) is 3.75. The summed E-state index contributed by atoms with van der Waals surface area (Å²) < 4.78 is 0. The fourth-order valence-electron chi connectivity index (χ4n) is 2.70. The highest BCUT2D eigenvalue weighted by Crippen LogP contribution is 2.21. The van der Waals surface area contributed by atoms with Crippen molar-refractivity contribution in [2.75, 3.05) is 31.6 Å². The van der Waals surface area contributed by atoms with Crippen LogP contribution in [0.25, 0.3) is 0 Å². The van der Waals surface area contributed by atoms with Crippen LogP contribution in [0, 0.1) is 11.8 Å². The molecule has 1 N–H and O–H groups in total. The molecule has 4 nitrogen and oxygen atoms in total.